The van der Waals surface area contributed by atoms with Gasteiger partial charge in [-0.25, -0.2) is 0 Å². The van der Waals surface area contributed by atoms with Crippen LogP contribution in [0.4, 0.5) is 0 Å². The Morgan fingerprint density at radius 3 is 2.46 bits per heavy atom. The van der Waals surface area contributed by atoms with Gasteiger partial charge in [0.05, 0.1) is 0 Å². The molecule has 0 aliphatic carbocycles. The number of ketones is 1. The fourth-order valence-corrected chi connectivity index (χ4v) is 1.03. The molecule has 0 heterocycles. The number of carbonyl (C=O) groups is 1. The topological polar surface area (TPSA) is 49.7 Å². The van der Waals surface area contributed by atoms with E-state index in [-0.39, 0.29) is 11.5 Å². The zero-order valence-electron chi connectivity index (χ0n) is 7.40. The van der Waals surface area contributed by atoms with E-state index < -0.39 is 0 Å². The summed E-state index contributed by atoms with van der Waals surface area (Å²) in [5.41, 5.74) is 0.739. The molecule has 13 heavy (non-hydrogen) atoms. The Morgan fingerprint density at radius 1 is 1.38 bits per heavy atom. The van der Waals surface area contributed by atoms with E-state index in [4.69, 9.17) is 5.21 Å². The highest BCUT2D eigenvalue weighted by atomic mass is 16.4. The number of carbonyl (C=O) groups excluding carboxylic acids is 1. The minimum Gasteiger partial charge on any atom is -0.411 e. The van der Waals surface area contributed by atoms with Gasteiger partial charge in [0.1, 0.15) is 5.71 Å². The molecule has 0 aliphatic heterocycles. The highest BCUT2D eigenvalue weighted by Crippen LogP contribution is 2.03. The van der Waals surface area contributed by atoms with Crippen molar-refractivity contribution in [1.29, 1.82) is 0 Å². The van der Waals surface area contributed by atoms with Crippen LogP contribution in [0.25, 0.3) is 0 Å². The highest BCUT2D eigenvalue weighted by molar-refractivity contribution is 6.45. The van der Waals surface area contributed by atoms with Crippen LogP contribution in [0, 0.1) is 0 Å². The van der Waals surface area contributed by atoms with Crippen molar-refractivity contribution in [1.82, 2.24) is 0 Å². The fraction of sp³-hybridized carbons (Fsp3) is 0.200. The smallest absolute Gasteiger partial charge is 0.210 e. The maximum Gasteiger partial charge on any atom is 0.210 e. The molecule has 1 aromatic carbocycles. The molecule has 1 N–H and O–H groups in total. The van der Waals surface area contributed by atoms with E-state index in [9.17, 15) is 4.79 Å². The van der Waals surface area contributed by atoms with Crippen molar-refractivity contribution < 1.29 is 10.0 Å². The molecule has 0 unspecified atom stereocenters. The van der Waals surface area contributed by atoms with Crippen molar-refractivity contribution in [3.05, 3.63) is 35.9 Å². The predicted octanol–water partition coefficient (Wildman–Crippen LogP) is 2.11. The lowest BCUT2D eigenvalue weighted by Gasteiger charge is -1.99. The van der Waals surface area contributed by atoms with Crippen LogP contribution < -0.4 is 0 Å². The van der Waals surface area contributed by atoms with E-state index in [1.165, 1.54) is 0 Å². The molecule has 0 saturated heterocycles. The summed E-state index contributed by atoms with van der Waals surface area (Å²) in [6, 6.07) is 8.78. The first-order valence-electron chi connectivity index (χ1n) is 4.10. The predicted molar refractivity (Wildman–Crippen MR) is 50.3 cm³/mol. The molecule has 0 bridgehead atoms. The number of oxime groups is 1. The summed E-state index contributed by atoms with van der Waals surface area (Å²) >= 11 is 0. The van der Waals surface area contributed by atoms with Gasteiger partial charge in [-0.2, -0.15) is 0 Å². The molecular weight excluding hydrogens is 166 g/mol. The summed E-state index contributed by atoms with van der Waals surface area (Å²) in [5.74, 6) is -0.217. The molecule has 0 radical (unpaired) electrons. The summed E-state index contributed by atoms with van der Waals surface area (Å²) in [7, 11) is 0. The van der Waals surface area contributed by atoms with Gasteiger partial charge in [-0.05, 0) is 6.42 Å². The fourth-order valence-electron chi connectivity index (χ4n) is 1.03. The van der Waals surface area contributed by atoms with E-state index in [0.29, 0.717) is 12.0 Å². The van der Waals surface area contributed by atoms with Gasteiger partial charge in [0.2, 0.25) is 5.78 Å². The van der Waals surface area contributed by atoms with E-state index in [1.807, 2.05) is 6.07 Å². The Hall–Kier alpha value is -1.64. The molecule has 3 nitrogen and oxygen atoms in total. The second-order valence-corrected chi connectivity index (χ2v) is 2.60. The Labute approximate surface area is 76.7 Å². The van der Waals surface area contributed by atoms with Crippen LogP contribution in [0.1, 0.15) is 23.7 Å². The zero-order chi connectivity index (χ0) is 9.68. The van der Waals surface area contributed by atoms with Gasteiger partial charge >= 0.3 is 0 Å². The average molecular weight is 177 g/mol. The van der Waals surface area contributed by atoms with Gasteiger partial charge in [-0.3, -0.25) is 4.79 Å². The van der Waals surface area contributed by atoms with Gasteiger partial charge in [0.25, 0.3) is 0 Å². The van der Waals surface area contributed by atoms with Crippen LogP contribution in [0.5, 0.6) is 0 Å². The summed E-state index contributed by atoms with van der Waals surface area (Å²) in [5, 5.41) is 11.5. The third-order valence-corrected chi connectivity index (χ3v) is 1.75. The lowest BCUT2D eigenvalue weighted by atomic mass is 10.1. The summed E-state index contributed by atoms with van der Waals surface area (Å²) in [6.07, 6.45) is 0.435. The third-order valence-electron chi connectivity index (χ3n) is 1.75. The highest BCUT2D eigenvalue weighted by Gasteiger charge is 2.11. The largest absolute Gasteiger partial charge is 0.411 e. The van der Waals surface area contributed by atoms with Crippen LogP contribution in [-0.2, 0) is 0 Å². The van der Waals surface area contributed by atoms with Crippen LogP contribution in [-0.4, -0.2) is 16.7 Å². The number of hydrogen-bond donors (Lipinski definition) is 1. The molecule has 0 saturated carbocycles. The van der Waals surface area contributed by atoms with Crippen LogP contribution in [0.2, 0.25) is 0 Å². The normalized spacial score (nSPS) is 11.3. The van der Waals surface area contributed by atoms with Crippen molar-refractivity contribution in [3.63, 3.8) is 0 Å². The molecule has 0 aromatic heterocycles. The first kappa shape index (κ1) is 9.45. The molecule has 0 amide bonds. The average Bonchev–Trinajstić information content (AvgIpc) is 2.21. The number of rotatable bonds is 3. The standard InChI is InChI=1S/C10H11NO2/c1-2-9(11-13)10(12)8-6-4-3-5-7-8/h3-7,13H,2H2,1H3/b11-9+. The SMILES string of the molecule is CC/C(=N\O)C(=O)c1ccccc1. The molecule has 0 atom stereocenters. The van der Waals surface area contributed by atoms with Crippen molar-refractivity contribution in [3.8, 4) is 0 Å². The third kappa shape index (κ3) is 2.15. The van der Waals surface area contributed by atoms with Crippen molar-refractivity contribution in [2.24, 2.45) is 5.16 Å². The van der Waals surface area contributed by atoms with Crippen LogP contribution >= 0.6 is 0 Å². The summed E-state index contributed by atoms with van der Waals surface area (Å²) in [6.45, 7) is 1.77. The second-order valence-electron chi connectivity index (χ2n) is 2.60. The molecule has 1 rings (SSSR count). The Morgan fingerprint density at radius 2 is 2.00 bits per heavy atom. The first-order valence-corrected chi connectivity index (χ1v) is 4.10. The molecule has 3 heteroatoms. The van der Waals surface area contributed by atoms with Crippen LogP contribution in [0.3, 0.4) is 0 Å². The van der Waals surface area contributed by atoms with Gasteiger partial charge in [-0.1, -0.05) is 42.4 Å². The second kappa shape index (κ2) is 4.40. The molecular formula is C10H11NO2. The Kier molecular flexibility index (Phi) is 3.20. The first-order chi connectivity index (χ1) is 6.29. The Bertz CT molecular complexity index is 317. The molecule has 0 aliphatic rings. The minimum absolute atomic E-state index is 0.186. The van der Waals surface area contributed by atoms with Crippen LogP contribution in [0.15, 0.2) is 35.5 Å². The van der Waals surface area contributed by atoms with E-state index in [1.54, 1.807) is 31.2 Å². The van der Waals surface area contributed by atoms with Crippen molar-refractivity contribution in [2.75, 3.05) is 0 Å². The van der Waals surface area contributed by atoms with Gasteiger partial charge in [-0.15, -0.1) is 0 Å². The number of nitrogens with zero attached hydrogens (tertiary/aromatic N) is 1. The molecule has 0 fully saturated rings. The van der Waals surface area contributed by atoms with E-state index in [2.05, 4.69) is 5.16 Å². The van der Waals surface area contributed by atoms with Crippen molar-refractivity contribution in [2.45, 2.75) is 13.3 Å². The zero-order valence-corrected chi connectivity index (χ0v) is 7.40. The maximum absolute atomic E-state index is 11.5. The number of benzene rings is 1. The van der Waals surface area contributed by atoms with E-state index >= 15 is 0 Å². The maximum atomic E-state index is 11.5. The summed E-state index contributed by atoms with van der Waals surface area (Å²) < 4.78 is 0. The lowest BCUT2D eigenvalue weighted by molar-refractivity contribution is 0.106. The van der Waals surface area contributed by atoms with Gasteiger partial charge in [0, 0.05) is 5.56 Å². The minimum atomic E-state index is -0.217. The Balaban J connectivity index is 2.92. The number of Topliss-reactive ketones (excluding diaryl/α,β-unsaturated/α-hetero) is 1. The number of hydrogen-bond acceptors (Lipinski definition) is 3. The van der Waals surface area contributed by atoms with Crippen molar-refractivity contribution >= 4 is 11.5 Å². The summed E-state index contributed by atoms with van der Waals surface area (Å²) in [4.78, 5) is 11.5. The van der Waals surface area contributed by atoms with E-state index in [0.717, 1.165) is 0 Å². The van der Waals surface area contributed by atoms with Gasteiger partial charge < -0.3 is 5.21 Å². The molecule has 68 valence electrons. The molecule has 1 aromatic rings. The monoisotopic (exact) mass is 177 g/mol. The lowest BCUT2D eigenvalue weighted by Crippen LogP contribution is -2.12. The quantitative estimate of drug-likeness (QED) is 0.332. The van der Waals surface area contributed by atoms with Gasteiger partial charge in [0.15, 0.2) is 0 Å². The molecule has 0 spiro atoms.